The molecular formula is C26H31N3O5. The summed E-state index contributed by atoms with van der Waals surface area (Å²) in [6.45, 7) is 4.21. The SMILES string of the molecule is COCC(=O)N(C)C[C@@H]1Oc2ncc(C#Cc3ccccc3)cc2C(=O)N([C@@H](C)CO)C[C@H]1C. The van der Waals surface area contributed by atoms with Crippen LogP contribution in [0.4, 0.5) is 0 Å². The number of hydrogen-bond acceptors (Lipinski definition) is 6. The number of ether oxygens (including phenoxy) is 2. The fourth-order valence-electron chi connectivity index (χ4n) is 3.66. The second kappa shape index (κ2) is 11.6. The second-order valence-electron chi connectivity index (χ2n) is 8.52. The first-order chi connectivity index (χ1) is 16.3. The molecule has 0 spiro atoms. The number of amides is 2. The Bertz CT molecular complexity index is 1060. The molecule has 1 aliphatic heterocycles. The molecule has 0 fully saturated rings. The van der Waals surface area contributed by atoms with E-state index in [1.165, 1.54) is 7.11 Å². The van der Waals surface area contributed by atoms with E-state index in [1.54, 1.807) is 36.0 Å². The largest absolute Gasteiger partial charge is 0.472 e. The van der Waals surface area contributed by atoms with Crippen LogP contribution in [-0.4, -0.2) is 84.3 Å². The second-order valence-corrected chi connectivity index (χ2v) is 8.52. The van der Waals surface area contributed by atoms with Crippen molar-refractivity contribution in [1.29, 1.82) is 0 Å². The van der Waals surface area contributed by atoms with Gasteiger partial charge in [-0.1, -0.05) is 37.0 Å². The number of hydrogen-bond donors (Lipinski definition) is 1. The van der Waals surface area contributed by atoms with Gasteiger partial charge in [-0.05, 0) is 25.1 Å². The maximum absolute atomic E-state index is 13.4. The first-order valence-electron chi connectivity index (χ1n) is 11.2. The Kier molecular flexibility index (Phi) is 8.63. The molecule has 3 rings (SSSR count). The summed E-state index contributed by atoms with van der Waals surface area (Å²) in [5.74, 6) is 5.74. The van der Waals surface area contributed by atoms with E-state index < -0.39 is 12.1 Å². The van der Waals surface area contributed by atoms with E-state index in [1.807, 2.05) is 37.3 Å². The van der Waals surface area contributed by atoms with Gasteiger partial charge in [0, 0.05) is 43.9 Å². The Hall–Kier alpha value is -3.41. The summed E-state index contributed by atoms with van der Waals surface area (Å²) in [6, 6.07) is 10.8. The highest BCUT2D eigenvalue weighted by Gasteiger charge is 2.34. The lowest BCUT2D eigenvalue weighted by atomic mass is 10.00. The van der Waals surface area contributed by atoms with Gasteiger partial charge in [0.2, 0.25) is 11.8 Å². The normalized spacial score (nSPS) is 18.5. The first kappa shape index (κ1) is 25.2. The Morgan fingerprint density at radius 1 is 1.32 bits per heavy atom. The minimum absolute atomic E-state index is 0.0258. The van der Waals surface area contributed by atoms with Gasteiger partial charge in [0.25, 0.3) is 5.91 Å². The zero-order valence-electron chi connectivity index (χ0n) is 20.0. The monoisotopic (exact) mass is 465 g/mol. The number of likely N-dealkylation sites (N-methyl/N-ethyl adjacent to an activating group) is 1. The summed E-state index contributed by atoms with van der Waals surface area (Å²) in [7, 11) is 3.16. The molecule has 8 nitrogen and oxygen atoms in total. The summed E-state index contributed by atoms with van der Waals surface area (Å²) in [5.41, 5.74) is 1.71. The van der Waals surface area contributed by atoms with Crippen LogP contribution < -0.4 is 4.74 Å². The maximum Gasteiger partial charge on any atom is 0.259 e. The van der Waals surface area contributed by atoms with Gasteiger partial charge >= 0.3 is 0 Å². The van der Waals surface area contributed by atoms with E-state index in [0.717, 1.165) is 5.56 Å². The van der Waals surface area contributed by atoms with Crippen LogP contribution in [0, 0.1) is 17.8 Å². The molecule has 8 heteroatoms. The van der Waals surface area contributed by atoms with Crippen LogP contribution in [0.5, 0.6) is 5.88 Å². The van der Waals surface area contributed by atoms with Crippen LogP contribution in [0.15, 0.2) is 42.6 Å². The molecule has 1 aromatic heterocycles. The Morgan fingerprint density at radius 3 is 2.71 bits per heavy atom. The van der Waals surface area contributed by atoms with Gasteiger partial charge in [0.15, 0.2) is 0 Å². The third-order valence-electron chi connectivity index (χ3n) is 5.79. The Balaban J connectivity index is 1.96. The van der Waals surface area contributed by atoms with Crippen molar-refractivity contribution < 1.29 is 24.2 Å². The van der Waals surface area contributed by atoms with Gasteiger partial charge in [-0.15, -0.1) is 0 Å². The molecule has 2 aromatic rings. The summed E-state index contributed by atoms with van der Waals surface area (Å²) < 4.78 is 11.1. The highest BCUT2D eigenvalue weighted by Crippen LogP contribution is 2.27. The lowest BCUT2D eigenvalue weighted by molar-refractivity contribution is -0.135. The molecule has 0 unspecified atom stereocenters. The van der Waals surface area contributed by atoms with Crippen LogP contribution in [-0.2, 0) is 9.53 Å². The van der Waals surface area contributed by atoms with Gasteiger partial charge in [-0.25, -0.2) is 4.98 Å². The molecule has 0 saturated heterocycles. The van der Waals surface area contributed by atoms with Gasteiger partial charge in [0.05, 0.1) is 19.2 Å². The lowest BCUT2D eigenvalue weighted by Gasteiger charge is -2.37. The number of benzene rings is 1. The van der Waals surface area contributed by atoms with Crippen LogP contribution >= 0.6 is 0 Å². The number of rotatable bonds is 6. The predicted molar refractivity (Wildman–Crippen MR) is 127 cm³/mol. The van der Waals surface area contributed by atoms with E-state index in [4.69, 9.17) is 9.47 Å². The highest BCUT2D eigenvalue weighted by molar-refractivity contribution is 5.97. The summed E-state index contributed by atoms with van der Waals surface area (Å²) in [4.78, 5) is 33.3. The first-order valence-corrected chi connectivity index (χ1v) is 11.2. The fraction of sp³-hybridized carbons (Fsp3) is 0.423. The summed E-state index contributed by atoms with van der Waals surface area (Å²) in [5, 5.41) is 9.78. The number of carbonyl (C=O) groups is 2. The van der Waals surface area contributed by atoms with Gasteiger partial charge in [-0.2, -0.15) is 0 Å². The molecule has 0 saturated carbocycles. The van der Waals surface area contributed by atoms with Crippen molar-refractivity contribution >= 4 is 11.8 Å². The van der Waals surface area contributed by atoms with Crippen molar-refractivity contribution in [3.05, 3.63) is 59.3 Å². The maximum atomic E-state index is 13.4. The van der Waals surface area contributed by atoms with Crippen LogP contribution in [0.2, 0.25) is 0 Å². The van der Waals surface area contributed by atoms with Crippen LogP contribution in [0.25, 0.3) is 0 Å². The average Bonchev–Trinajstić information content (AvgIpc) is 2.85. The van der Waals surface area contributed by atoms with Gasteiger partial charge < -0.3 is 24.4 Å². The Labute approximate surface area is 200 Å². The number of methoxy groups -OCH3 is 1. The number of pyridine rings is 1. The fourth-order valence-corrected chi connectivity index (χ4v) is 3.66. The molecule has 2 heterocycles. The molecular weight excluding hydrogens is 434 g/mol. The standard InChI is InChI=1S/C26H31N3O5/c1-18-14-29(19(2)16-30)26(32)22-12-21(11-10-20-8-6-5-7-9-20)13-27-25(22)34-23(18)15-28(3)24(31)17-33-4/h5-9,12-13,18-19,23,30H,14-17H2,1-4H3/t18-,19+,23+/m1/s1. The lowest BCUT2D eigenvalue weighted by Crippen LogP contribution is -2.50. The third kappa shape index (κ3) is 6.13. The number of aliphatic hydroxyl groups excluding tert-OH is 1. The van der Waals surface area contributed by atoms with Crippen LogP contribution in [0.3, 0.4) is 0 Å². The van der Waals surface area contributed by atoms with E-state index in [2.05, 4.69) is 16.8 Å². The summed E-state index contributed by atoms with van der Waals surface area (Å²) >= 11 is 0. The molecule has 1 aromatic carbocycles. The molecule has 1 aliphatic rings. The number of aliphatic hydroxyl groups is 1. The van der Waals surface area contributed by atoms with Crippen molar-refractivity contribution in [2.24, 2.45) is 5.92 Å². The molecule has 34 heavy (non-hydrogen) atoms. The number of carbonyl (C=O) groups excluding carboxylic acids is 2. The van der Waals surface area contributed by atoms with Gasteiger partial charge in [0.1, 0.15) is 18.3 Å². The molecule has 3 atom stereocenters. The zero-order valence-corrected chi connectivity index (χ0v) is 20.0. The van der Waals surface area contributed by atoms with Gasteiger partial charge in [-0.3, -0.25) is 9.59 Å². The Morgan fingerprint density at radius 2 is 2.03 bits per heavy atom. The minimum Gasteiger partial charge on any atom is -0.472 e. The predicted octanol–water partition coefficient (Wildman–Crippen LogP) is 1.81. The van der Waals surface area contributed by atoms with Crippen molar-refractivity contribution in [3.63, 3.8) is 0 Å². The van der Waals surface area contributed by atoms with Crippen molar-refractivity contribution in [2.75, 3.05) is 40.5 Å². The van der Waals surface area contributed by atoms with Crippen molar-refractivity contribution in [3.8, 4) is 17.7 Å². The molecule has 0 bridgehead atoms. The molecule has 2 amide bonds. The molecule has 180 valence electrons. The average molecular weight is 466 g/mol. The van der Waals surface area contributed by atoms with E-state index in [9.17, 15) is 14.7 Å². The van der Waals surface area contributed by atoms with Crippen molar-refractivity contribution in [2.45, 2.75) is 26.0 Å². The topological polar surface area (TPSA) is 92.2 Å². The molecule has 1 N–H and O–H groups in total. The van der Waals surface area contributed by atoms with E-state index in [-0.39, 0.29) is 42.4 Å². The van der Waals surface area contributed by atoms with E-state index in [0.29, 0.717) is 18.7 Å². The number of fused-ring (bicyclic) bond motifs is 1. The quantitative estimate of drug-likeness (QED) is 0.655. The molecule has 0 radical (unpaired) electrons. The van der Waals surface area contributed by atoms with Crippen molar-refractivity contribution in [1.82, 2.24) is 14.8 Å². The minimum atomic E-state index is -0.417. The number of aromatic nitrogens is 1. The highest BCUT2D eigenvalue weighted by atomic mass is 16.5. The number of nitrogens with zero attached hydrogens (tertiary/aromatic N) is 3. The smallest absolute Gasteiger partial charge is 0.259 e. The molecule has 0 aliphatic carbocycles. The third-order valence-corrected chi connectivity index (χ3v) is 5.79. The van der Waals surface area contributed by atoms with Crippen LogP contribution in [0.1, 0.15) is 35.3 Å². The summed E-state index contributed by atoms with van der Waals surface area (Å²) in [6.07, 6.45) is 1.16. The van der Waals surface area contributed by atoms with E-state index >= 15 is 0 Å². The zero-order chi connectivity index (χ0) is 24.7.